The summed E-state index contributed by atoms with van der Waals surface area (Å²) in [5.41, 5.74) is 0. The first-order valence-electron chi connectivity index (χ1n) is 22.5. The zero-order valence-corrected chi connectivity index (χ0v) is 33.2. The molecule has 1 rings (SSSR count). The van der Waals surface area contributed by atoms with Gasteiger partial charge in [-0.05, 0) is 25.7 Å². The fraction of sp³-hybridized carbons (Fsp3) is 0.956. The van der Waals surface area contributed by atoms with E-state index in [1.54, 1.807) is 0 Å². The highest BCUT2D eigenvalue weighted by Crippen LogP contribution is 2.24. The Balaban J connectivity index is 2.19. The normalized spacial score (nSPS) is 14.7. The summed E-state index contributed by atoms with van der Waals surface area (Å²) in [7, 11) is 0. The quantitative estimate of drug-likeness (QED) is 0.0606. The van der Waals surface area contributed by atoms with Crippen LogP contribution in [0.25, 0.3) is 0 Å². The van der Waals surface area contributed by atoms with E-state index in [0.29, 0.717) is 6.17 Å². The Hall–Kier alpha value is -0.660. The summed E-state index contributed by atoms with van der Waals surface area (Å²) in [6.07, 6.45) is 58.9. The number of rotatable bonds is 39. The average Bonchev–Trinajstić information content (AvgIpc) is 3.47. The maximum atomic E-state index is 2.73. The van der Waals surface area contributed by atoms with Crippen LogP contribution in [0.1, 0.15) is 258 Å². The minimum Gasteiger partial charge on any atom is -0.356 e. The highest BCUT2D eigenvalue weighted by Gasteiger charge is 2.24. The second-order valence-electron chi connectivity index (χ2n) is 15.7. The van der Waals surface area contributed by atoms with Crippen LogP contribution >= 0.6 is 0 Å². The Labute approximate surface area is 299 Å². The predicted molar refractivity (Wildman–Crippen MR) is 214 cm³/mol. The van der Waals surface area contributed by atoms with Gasteiger partial charge in [-0.2, -0.15) is 0 Å². The van der Waals surface area contributed by atoms with Gasteiger partial charge in [0.25, 0.3) is 0 Å². The van der Waals surface area contributed by atoms with Crippen molar-refractivity contribution in [3.05, 3.63) is 12.4 Å². The Morgan fingerprint density at radius 1 is 0.277 bits per heavy atom. The highest BCUT2D eigenvalue weighted by molar-refractivity contribution is 4.97. The molecular weight excluding hydrogens is 569 g/mol. The summed E-state index contributed by atoms with van der Waals surface area (Å²) in [5, 5.41) is 0. The van der Waals surface area contributed by atoms with Crippen LogP contribution < -0.4 is 0 Å². The maximum absolute atomic E-state index is 2.73. The first-order valence-corrected chi connectivity index (χ1v) is 22.5. The van der Waals surface area contributed by atoms with E-state index in [9.17, 15) is 0 Å². The monoisotopic (exact) mass is 659 g/mol. The Morgan fingerprint density at radius 3 is 0.745 bits per heavy atom. The van der Waals surface area contributed by atoms with Crippen molar-refractivity contribution in [2.45, 2.75) is 265 Å². The number of nitrogens with zero attached hydrogens (tertiary/aromatic N) is 2. The van der Waals surface area contributed by atoms with Gasteiger partial charge in [-0.15, -0.1) is 0 Å². The van der Waals surface area contributed by atoms with Gasteiger partial charge < -0.3 is 9.80 Å². The van der Waals surface area contributed by atoms with Crippen molar-refractivity contribution < 1.29 is 0 Å². The van der Waals surface area contributed by atoms with Gasteiger partial charge in [-0.1, -0.05) is 233 Å². The molecule has 47 heavy (non-hydrogen) atoms. The van der Waals surface area contributed by atoms with E-state index < -0.39 is 0 Å². The summed E-state index contributed by atoms with van der Waals surface area (Å²) in [5.74, 6) is 0. The van der Waals surface area contributed by atoms with Crippen LogP contribution in [0.15, 0.2) is 12.4 Å². The lowest BCUT2D eigenvalue weighted by atomic mass is 10.0. The standard InChI is InChI=1S/C45H90N2/c1-4-7-10-13-16-19-21-23-24-25-27-30-33-36-39-42-47-44-43-46(41-38-35-32-29-18-15-12-9-6-3)45(47)40-37-34-31-28-26-22-20-17-14-11-8-5-2/h43-45H,4-42H2,1-3H3. The molecule has 0 aromatic carbocycles. The SMILES string of the molecule is CCCCCCCCCCCCCCCCCN1C=CN(CCCCCCCCCCC)C1CCCCCCCCCCCCCC. The van der Waals surface area contributed by atoms with Crippen molar-refractivity contribution in [2.24, 2.45) is 0 Å². The molecule has 0 fully saturated rings. The van der Waals surface area contributed by atoms with Crippen molar-refractivity contribution >= 4 is 0 Å². The molecule has 0 spiro atoms. The molecule has 280 valence electrons. The second kappa shape index (κ2) is 36.6. The van der Waals surface area contributed by atoms with Gasteiger partial charge in [0.15, 0.2) is 0 Å². The summed E-state index contributed by atoms with van der Waals surface area (Å²) >= 11 is 0. The fourth-order valence-corrected chi connectivity index (χ4v) is 7.78. The molecule has 2 nitrogen and oxygen atoms in total. The Bertz CT molecular complexity index is 615. The van der Waals surface area contributed by atoms with Crippen molar-refractivity contribution in [3.63, 3.8) is 0 Å². The van der Waals surface area contributed by atoms with E-state index in [-0.39, 0.29) is 0 Å². The molecular formula is C45H90N2. The van der Waals surface area contributed by atoms with Gasteiger partial charge in [0.2, 0.25) is 0 Å². The van der Waals surface area contributed by atoms with E-state index in [1.807, 2.05) is 0 Å². The Morgan fingerprint density at radius 2 is 0.489 bits per heavy atom. The van der Waals surface area contributed by atoms with Crippen molar-refractivity contribution in [2.75, 3.05) is 13.1 Å². The Kier molecular flexibility index (Phi) is 34.6. The molecule has 0 amide bonds. The van der Waals surface area contributed by atoms with E-state index in [0.717, 1.165) is 0 Å². The summed E-state index contributed by atoms with van der Waals surface area (Å²) in [6, 6.07) is 0. The lowest BCUT2D eigenvalue weighted by molar-refractivity contribution is 0.135. The van der Waals surface area contributed by atoms with Gasteiger partial charge in [0.05, 0.1) is 0 Å². The maximum Gasteiger partial charge on any atom is 0.101 e. The highest BCUT2D eigenvalue weighted by atomic mass is 15.4. The molecule has 2 heteroatoms. The molecule has 0 radical (unpaired) electrons. The average molecular weight is 659 g/mol. The molecule has 1 aliphatic heterocycles. The van der Waals surface area contributed by atoms with Crippen LogP contribution in [-0.4, -0.2) is 29.1 Å². The topological polar surface area (TPSA) is 6.48 Å². The van der Waals surface area contributed by atoms with Crippen molar-refractivity contribution in [1.29, 1.82) is 0 Å². The number of hydrogen-bond donors (Lipinski definition) is 0. The van der Waals surface area contributed by atoms with E-state index >= 15 is 0 Å². The molecule has 0 bridgehead atoms. The van der Waals surface area contributed by atoms with Crippen molar-refractivity contribution in [3.8, 4) is 0 Å². The smallest absolute Gasteiger partial charge is 0.101 e. The molecule has 0 aliphatic carbocycles. The minimum atomic E-state index is 0.638. The van der Waals surface area contributed by atoms with Crippen LogP contribution in [0, 0.1) is 0 Å². The number of unbranched alkanes of at least 4 members (excludes halogenated alkanes) is 33. The molecule has 0 aromatic rings. The van der Waals surface area contributed by atoms with Gasteiger partial charge in [-0.25, -0.2) is 0 Å². The van der Waals surface area contributed by atoms with Crippen LogP contribution in [0.5, 0.6) is 0 Å². The molecule has 1 atom stereocenters. The van der Waals surface area contributed by atoms with Crippen LogP contribution in [0.3, 0.4) is 0 Å². The minimum absolute atomic E-state index is 0.638. The van der Waals surface area contributed by atoms with Crippen LogP contribution in [0.2, 0.25) is 0 Å². The van der Waals surface area contributed by atoms with Gasteiger partial charge in [-0.3, -0.25) is 0 Å². The first-order chi connectivity index (χ1) is 23.3. The summed E-state index contributed by atoms with van der Waals surface area (Å²) < 4.78 is 0. The fourth-order valence-electron chi connectivity index (χ4n) is 7.78. The van der Waals surface area contributed by atoms with E-state index in [1.165, 1.54) is 251 Å². The second-order valence-corrected chi connectivity index (χ2v) is 15.7. The molecule has 1 heterocycles. The first kappa shape index (κ1) is 44.4. The summed E-state index contributed by atoms with van der Waals surface area (Å²) in [4.78, 5) is 5.46. The van der Waals surface area contributed by atoms with Gasteiger partial charge in [0.1, 0.15) is 6.17 Å². The third kappa shape index (κ3) is 28.8. The molecule has 0 N–H and O–H groups in total. The molecule has 0 aromatic heterocycles. The summed E-state index contributed by atoms with van der Waals surface area (Å²) in [6.45, 7) is 9.49. The lowest BCUT2D eigenvalue weighted by Gasteiger charge is -2.33. The predicted octanol–water partition coefficient (Wildman–Crippen LogP) is 15.9. The molecule has 1 unspecified atom stereocenters. The van der Waals surface area contributed by atoms with Crippen LogP contribution in [-0.2, 0) is 0 Å². The van der Waals surface area contributed by atoms with Crippen molar-refractivity contribution in [1.82, 2.24) is 9.80 Å². The van der Waals surface area contributed by atoms with E-state index in [4.69, 9.17) is 0 Å². The lowest BCUT2D eigenvalue weighted by Crippen LogP contribution is -2.39. The van der Waals surface area contributed by atoms with Gasteiger partial charge >= 0.3 is 0 Å². The van der Waals surface area contributed by atoms with E-state index in [2.05, 4.69) is 43.0 Å². The van der Waals surface area contributed by atoms with Crippen LogP contribution in [0.4, 0.5) is 0 Å². The molecule has 0 saturated heterocycles. The number of hydrogen-bond acceptors (Lipinski definition) is 2. The third-order valence-electron chi connectivity index (χ3n) is 11.1. The van der Waals surface area contributed by atoms with Gasteiger partial charge in [0, 0.05) is 25.5 Å². The third-order valence-corrected chi connectivity index (χ3v) is 11.1. The zero-order chi connectivity index (χ0) is 33.7. The molecule has 1 aliphatic rings. The molecule has 0 saturated carbocycles. The zero-order valence-electron chi connectivity index (χ0n) is 33.2. The largest absolute Gasteiger partial charge is 0.356 e.